The van der Waals surface area contributed by atoms with Crippen molar-refractivity contribution in [3.8, 4) is 0 Å². The summed E-state index contributed by atoms with van der Waals surface area (Å²) in [6, 6.07) is 2.82. The molecular formula is C9H13ClN4O. The molecule has 0 radical (unpaired) electrons. The maximum absolute atomic E-state index is 11.4. The lowest BCUT2D eigenvalue weighted by atomic mass is 10.1. The van der Waals surface area contributed by atoms with Gasteiger partial charge in [-0.25, -0.2) is 4.79 Å². The lowest BCUT2D eigenvalue weighted by Crippen LogP contribution is -2.43. The fourth-order valence-electron chi connectivity index (χ4n) is 0.871. The Kier molecular flexibility index (Phi) is 3.47. The molecule has 2 N–H and O–H groups in total. The first-order chi connectivity index (χ1) is 6.87. The molecule has 1 rings (SSSR count). The monoisotopic (exact) mass is 228 g/mol. The molecule has 0 aliphatic heterocycles. The zero-order valence-corrected chi connectivity index (χ0v) is 9.59. The molecule has 2 amide bonds. The summed E-state index contributed by atoms with van der Waals surface area (Å²) in [7, 11) is 0. The van der Waals surface area contributed by atoms with E-state index in [9.17, 15) is 4.79 Å². The summed E-state index contributed by atoms with van der Waals surface area (Å²) in [4.78, 5) is 11.4. The van der Waals surface area contributed by atoms with Gasteiger partial charge in [-0.2, -0.15) is 0 Å². The number of aromatic nitrogens is 2. The van der Waals surface area contributed by atoms with E-state index in [0.717, 1.165) is 0 Å². The number of amides is 2. The largest absolute Gasteiger partial charge is 0.333 e. The van der Waals surface area contributed by atoms with Crippen LogP contribution < -0.4 is 10.6 Å². The second kappa shape index (κ2) is 4.44. The van der Waals surface area contributed by atoms with Gasteiger partial charge in [-0.1, -0.05) is 11.6 Å². The molecule has 5 nitrogen and oxygen atoms in total. The third-order valence-electron chi connectivity index (χ3n) is 1.36. The number of anilines is 1. The van der Waals surface area contributed by atoms with Gasteiger partial charge in [0, 0.05) is 5.54 Å². The van der Waals surface area contributed by atoms with Crippen LogP contribution in [0.25, 0.3) is 0 Å². The number of carbonyl (C=O) groups excluding carboxylic acids is 1. The standard InChI is InChI=1S/C9H13ClN4O/c1-9(2,3)12-8(15)11-7-5-4-6(10)13-14-7/h4-5H,1-3H3,(H2,11,12,14,15). The number of hydrogen-bond acceptors (Lipinski definition) is 3. The molecule has 0 aliphatic carbocycles. The lowest BCUT2D eigenvalue weighted by Gasteiger charge is -2.20. The molecule has 1 heterocycles. The van der Waals surface area contributed by atoms with Crippen LogP contribution in [0, 0.1) is 0 Å². The minimum atomic E-state index is -0.320. The van der Waals surface area contributed by atoms with Gasteiger partial charge in [-0.05, 0) is 32.9 Å². The van der Waals surface area contributed by atoms with Gasteiger partial charge in [0.2, 0.25) is 0 Å². The molecule has 0 saturated carbocycles. The van der Waals surface area contributed by atoms with E-state index < -0.39 is 0 Å². The van der Waals surface area contributed by atoms with Gasteiger partial charge in [0.15, 0.2) is 11.0 Å². The third-order valence-corrected chi connectivity index (χ3v) is 1.56. The van der Waals surface area contributed by atoms with E-state index in [1.807, 2.05) is 20.8 Å². The van der Waals surface area contributed by atoms with E-state index >= 15 is 0 Å². The zero-order chi connectivity index (χ0) is 11.5. The van der Waals surface area contributed by atoms with Crippen molar-refractivity contribution in [1.82, 2.24) is 15.5 Å². The zero-order valence-electron chi connectivity index (χ0n) is 8.84. The number of halogens is 1. The SMILES string of the molecule is CC(C)(C)NC(=O)Nc1ccc(Cl)nn1. The molecule has 6 heteroatoms. The van der Waals surface area contributed by atoms with Crippen LogP contribution in [0.3, 0.4) is 0 Å². The van der Waals surface area contributed by atoms with E-state index in [1.165, 1.54) is 0 Å². The Morgan fingerprint density at radius 1 is 1.33 bits per heavy atom. The summed E-state index contributed by atoms with van der Waals surface area (Å²) in [5.74, 6) is 0.362. The van der Waals surface area contributed by atoms with Gasteiger partial charge >= 0.3 is 6.03 Å². The average molecular weight is 229 g/mol. The predicted molar refractivity (Wildman–Crippen MR) is 58.9 cm³/mol. The minimum Gasteiger partial charge on any atom is -0.333 e. The number of hydrogen-bond donors (Lipinski definition) is 2. The maximum atomic E-state index is 11.4. The number of nitrogens with one attached hydrogen (secondary N) is 2. The van der Waals surface area contributed by atoms with Crippen LogP contribution in [0.15, 0.2) is 12.1 Å². The molecule has 82 valence electrons. The van der Waals surface area contributed by atoms with Crippen molar-refractivity contribution < 1.29 is 4.79 Å². The van der Waals surface area contributed by atoms with E-state index in [2.05, 4.69) is 20.8 Å². The smallest absolute Gasteiger partial charge is 0.320 e. The quantitative estimate of drug-likeness (QED) is 0.773. The first-order valence-corrected chi connectivity index (χ1v) is 4.83. The first-order valence-electron chi connectivity index (χ1n) is 4.45. The van der Waals surface area contributed by atoms with Crippen molar-refractivity contribution in [2.75, 3.05) is 5.32 Å². The molecule has 0 atom stereocenters. The lowest BCUT2D eigenvalue weighted by molar-refractivity contribution is 0.243. The van der Waals surface area contributed by atoms with E-state index in [1.54, 1.807) is 12.1 Å². The normalized spacial score (nSPS) is 10.9. The molecule has 0 bridgehead atoms. The topological polar surface area (TPSA) is 66.9 Å². The minimum absolute atomic E-state index is 0.288. The number of nitrogens with zero attached hydrogens (tertiary/aromatic N) is 2. The molecule has 0 unspecified atom stereocenters. The van der Waals surface area contributed by atoms with Crippen LogP contribution >= 0.6 is 11.6 Å². The summed E-state index contributed by atoms with van der Waals surface area (Å²) >= 11 is 5.55. The summed E-state index contributed by atoms with van der Waals surface area (Å²) in [6.07, 6.45) is 0. The van der Waals surface area contributed by atoms with Crippen LogP contribution in [0.2, 0.25) is 5.15 Å². The van der Waals surface area contributed by atoms with Crippen molar-refractivity contribution in [2.45, 2.75) is 26.3 Å². The highest BCUT2D eigenvalue weighted by molar-refractivity contribution is 6.29. The molecule has 0 fully saturated rings. The van der Waals surface area contributed by atoms with Gasteiger partial charge in [0.25, 0.3) is 0 Å². The van der Waals surface area contributed by atoms with Crippen molar-refractivity contribution in [3.05, 3.63) is 17.3 Å². The van der Waals surface area contributed by atoms with Gasteiger partial charge in [0.1, 0.15) is 0 Å². The van der Waals surface area contributed by atoms with Crippen molar-refractivity contribution in [3.63, 3.8) is 0 Å². The van der Waals surface area contributed by atoms with Crippen LogP contribution in [-0.2, 0) is 0 Å². The highest BCUT2D eigenvalue weighted by Crippen LogP contribution is 2.06. The highest BCUT2D eigenvalue weighted by atomic mass is 35.5. The Labute approximate surface area is 93.2 Å². The Morgan fingerprint density at radius 2 is 2.00 bits per heavy atom. The molecule has 15 heavy (non-hydrogen) atoms. The molecular weight excluding hydrogens is 216 g/mol. The molecule has 0 aliphatic rings. The van der Waals surface area contributed by atoms with Gasteiger partial charge in [-0.3, -0.25) is 5.32 Å². The van der Waals surface area contributed by atoms with Gasteiger partial charge < -0.3 is 5.32 Å². The Morgan fingerprint density at radius 3 is 2.47 bits per heavy atom. The summed E-state index contributed by atoms with van der Waals surface area (Å²) in [6.45, 7) is 5.67. The van der Waals surface area contributed by atoms with Crippen molar-refractivity contribution in [2.24, 2.45) is 0 Å². The molecule has 1 aromatic heterocycles. The molecule has 0 saturated heterocycles. The van der Waals surface area contributed by atoms with E-state index in [0.29, 0.717) is 5.82 Å². The van der Waals surface area contributed by atoms with Crippen molar-refractivity contribution >= 4 is 23.4 Å². The highest BCUT2D eigenvalue weighted by Gasteiger charge is 2.13. The fraction of sp³-hybridized carbons (Fsp3) is 0.444. The second-order valence-electron chi connectivity index (χ2n) is 4.07. The molecule has 0 aromatic carbocycles. The molecule has 1 aromatic rings. The Hall–Kier alpha value is -1.36. The van der Waals surface area contributed by atoms with Crippen molar-refractivity contribution in [1.29, 1.82) is 0 Å². The summed E-state index contributed by atoms with van der Waals surface area (Å²) in [5, 5.41) is 12.9. The fourth-order valence-corrected chi connectivity index (χ4v) is 0.972. The van der Waals surface area contributed by atoms with Crippen LogP contribution in [-0.4, -0.2) is 21.8 Å². The van der Waals surface area contributed by atoms with Crippen LogP contribution in [0.1, 0.15) is 20.8 Å². The van der Waals surface area contributed by atoms with E-state index in [-0.39, 0.29) is 16.7 Å². The van der Waals surface area contributed by atoms with Crippen LogP contribution in [0.5, 0.6) is 0 Å². The second-order valence-corrected chi connectivity index (χ2v) is 4.46. The Bertz CT molecular complexity index is 344. The van der Waals surface area contributed by atoms with Crippen LogP contribution in [0.4, 0.5) is 10.6 Å². The Balaban J connectivity index is 2.55. The maximum Gasteiger partial charge on any atom is 0.320 e. The summed E-state index contributed by atoms with van der Waals surface area (Å²) in [5.41, 5.74) is -0.288. The number of urea groups is 1. The number of carbonyl (C=O) groups is 1. The summed E-state index contributed by atoms with van der Waals surface area (Å²) < 4.78 is 0. The molecule has 0 spiro atoms. The predicted octanol–water partition coefficient (Wildman–Crippen LogP) is 2.05. The first kappa shape index (κ1) is 11.7. The third kappa shape index (κ3) is 4.60. The van der Waals surface area contributed by atoms with Gasteiger partial charge in [0.05, 0.1) is 0 Å². The van der Waals surface area contributed by atoms with E-state index in [4.69, 9.17) is 11.6 Å². The van der Waals surface area contributed by atoms with Gasteiger partial charge in [-0.15, -0.1) is 10.2 Å². The average Bonchev–Trinajstić information content (AvgIpc) is 2.05. The number of rotatable bonds is 1.